The van der Waals surface area contributed by atoms with Gasteiger partial charge in [-0.3, -0.25) is 9.59 Å². The second-order valence-corrected chi connectivity index (χ2v) is 6.60. The van der Waals surface area contributed by atoms with Crippen LogP contribution in [-0.2, 0) is 14.3 Å². The Morgan fingerprint density at radius 3 is 2.35 bits per heavy atom. The van der Waals surface area contributed by atoms with E-state index in [1.165, 1.54) is 6.92 Å². The van der Waals surface area contributed by atoms with Gasteiger partial charge in [0.1, 0.15) is 6.61 Å². The lowest BCUT2D eigenvalue weighted by atomic mass is 9.80. The van der Waals surface area contributed by atoms with Crippen molar-refractivity contribution in [1.82, 2.24) is 5.32 Å². The highest BCUT2D eigenvalue weighted by atomic mass is 16.5. The van der Waals surface area contributed by atoms with E-state index in [2.05, 4.69) is 19.2 Å². The Labute approximate surface area is 122 Å². The fourth-order valence-corrected chi connectivity index (χ4v) is 2.80. The van der Waals surface area contributed by atoms with E-state index in [1.807, 2.05) is 13.8 Å². The molecule has 1 aliphatic rings. The molecule has 1 amide bonds. The third-order valence-electron chi connectivity index (χ3n) is 4.42. The first-order chi connectivity index (χ1) is 9.31. The molecule has 0 spiro atoms. The topological polar surface area (TPSA) is 55.4 Å². The van der Waals surface area contributed by atoms with Crippen molar-refractivity contribution in [2.24, 2.45) is 17.8 Å². The number of carbonyl (C=O) groups excluding carboxylic acids is 2. The summed E-state index contributed by atoms with van der Waals surface area (Å²) in [6.45, 7) is 9.94. The zero-order valence-corrected chi connectivity index (χ0v) is 13.4. The number of rotatable bonds is 6. The molecule has 0 aromatic carbocycles. The molecule has 0 heterocycles. The number of ketones is 1. The summed E-state index contributed by atoms with van der Waals surface area (Å²) >= 11 is 0. The summed E-state index contributed by atoms with van der Waals surface area (Å²) in [7, 11) is 0. The number of hydrogen-bond donors (Lipinski definition) is 1. The van der Waals surface area contributed by atoms with Crippen LogP contribution in [0.5, 0.6) is 0 Å². The summed E-state index contributed by atoms with van der Waals surface area (Å²) in [5.74, 6) is 1.30. The standard InChI is InChI=1S/C16H29NO3/c1-10(2)16(13(5)18)17-15(19)9-20-14-7-6-11(3)12(4)8-14/h10-12,14,16H,6-9H2,1-5H3,(H,17,19). The van der Waals surface area contributed by atoms with Crippen molar-refractivity contribution in [3.63, 3.8) is 0 Å². The van der Waals surface area contributed by atoms with Crippen LogP contribution in [0.25, 0.3) is 0 Å². The van der Waals surface area contributed by atoms with Gasteiger partial charge in [0, 0.05) is 0 Å². The summed E-state index contributed by atoms with van der Waals surface area (Å²) in [6, 6.07) is -0.406. The zero-order valence-electron chi connectivity index (χ0n) is 13.4. The molecule has 0 saturated heterocycles. The van der Waals surface area contributed by atoms with Gasteiger partial charge < -0.3 is 10.1 Å². The van der Waals surface area contributed by atoms with Crippen LogP contribution in [0, 0.1) is 17.8 Å². The summed E-state index contributed by atoms with van der Waals surface area (Å²) < 4.78 is 5.70. The highest BCUT2D eigenvalue weighted by Crippen LogP contribution is 2.30. The minimum Gasteiger partial charge on any atom is -0.368 e. The van der Waals surface area contributed by atoms with Crippen LogP contribution >= 0.6 is 0 Å². The predicted octanol–water partition coefficient (Wildman–Crippen LogP) is 2.56. The molecule has 1 aliphatic carbocycles. The van der Waals surface area contributed by atoms with Gasteiger partial charge in [-0.25, -0.2) is 0 Å². The third kappa shape index (κ3) is 5.23. The maximum atomic E-state index is 11.9. The molecule has 0 aromatic heterocycles. The summed E-state index contributed by atoms with van der Waals surface area (Å²) in [6.07, 6.45) is 3.39. The molecule has 1 saturated carbocycles. The Balaban J connectivity index is 2.34. The molecule has 0 bridgehead atoms. The molecule has 1 fully saturated rings. The normalized spacial score (nSPS) is 28.2. The van der Waals surface area contributed by atoms with E-state index in [0.29, 0.717) is 5.92 Å². The molecule has 0 aromatic rings. The lowest BCUT2D eigenvalue weighted by Gasteiger charge is -2.32. The first-order valence-corrected chi connectivity index (χ1v) is 7.72. The average molecular weight is 283 g/mol. The third-order valence-corrected chi connectivity index (χ3v) is 4.42. The van der Waals surface area contributed by atoms with E-state index >= 15 is 0 Å². The first kappa shape index (κ1) is 17.2. The van der Waals surface area contributed by atoms with Gasteiger partial charge in [-0.2, -0.15) is 0 Å². The van der Waals surface area contributed by atoms with Gasteiger partial charge in [-0.05, 0) is 43.9 Å². The van der Waals surface area contributed by atoms with Gasteiger partial charge in [0.2, 0.25) is 5.91 Å². The number of carbonyl (C=O) groups is 2. The lowest BCUT2D eigenvalue weighted by Crippen LogP contribution is -2.45. The highest BCUT2D eigenvalue weighted by Gasteiger charge is 2.26. The van der Waals surface area contributed by atoms with Crippen molar-refractivity contribution in [2.45, 2.75) is 66.0 Å². The molecule has 0 aliphatic heterocycles. The van der Waals surface area contributed by atoms with Crippen LogP contribution in [-0.4, -0.2) is 30.4 Å². The van der Waals surface area contributed by atoms with Crippen LogP contribution in [0.3, 0.4) is 0 Å². The maximum Gasteiger partial charge on any atom is 0.246 e. The molecule has 0 radical (unpaired) electrons. The molecule has 4 heteroatoms. The van der Waals surface area contributed by atoms with Gasteiger partial charge >= 0.3 is 0 Å². The SMILES string of the molecule is CC(=O)C(NC(=O)COC1CCC(C)C(C)C1)C(C)C. The van der Waals surface area contributed by atoms with Crippen molar-refractivity contribution in [2.75, 3.05) is 6.61 Å². The fraction of sp³-hybridized carbons (Fsp3) is 0.875. The van der Waals surface area contributed by atoms with Gasteiger partial charge in [-0.1, -0.05) is 27.7 Å². The molecule has 20 heavy (non-hydrogen) atoms. The Hall–Kier alpha value is -0.900. The Morgan fingerprint density at radius 1 is 1.20 bits per heavy atom. The van der Waals surface area contributed by atoms with Crippen molar-refractivity contribution in [3.05, 3.63) is 0 Å². The minimum atomic E-state index is -0.406. The van der Waals surface area contributed by atoms with Crippen molar-refractivity contribution >= 4 is 11.7 Å². The number of ether oxygens (including phenoxy) is 1. The quantitative estimate of drug-likeness (QED) is 0.815. The molecular weight excluding hydrogens is 254 g/mol. The molecule has 4 unspecified atom stereocenters. The molecule has 1 N–H and O–H groups in total. The van der Waals surface area contributed by atoms with Crippen LogP contribution < -0.4 is 5.32 Å². The largest absolute Gasteiger partial charge is 0.368 e. The number of hydrogen-bond acceptors (Lipinski definition) is 3. The first-order valence-electron chi connectivity index (χ1n) is 7.72. The monoisotopic (exact) mass is 283 g/mol. The number of amides is 1. The minimum absolute atomic E-state index is 0.00605. The van der Waals surface area contributed by atoms with E-state index in [0.717, 1.165) is 25.2 Å². The highest BCUT2D eigenvalue weighted by molar-refractivity contribution is 5.88. The molecule has 116 valence electrons. The van der Waals surface area contributed by atoms with Crippen molar-refractivity contribution in [1.29, 1.82) is 0 Å². The van der Waals surface area contributed by atoms with Crippen LogP contribution in [0.2, 0.25) is 0 Å². The Morgan fingerprint density at radius 2 is 1.85 bits per heavy atom. The Bertz CT molecular complexity index is 341. The van der Waals surface area contributed by atoms with Crippen LogP contribution in [0.15, 0.2) is 0 Å². The second kappa shape index (κ2) is 7.77. The van der Waals surface area contributed by atoms with Gasteiger partial charge in [0.25, 0.3) is 0 Å². The molecule has 1 rings (SSSR count). The van der Waals surface area contributed by atoms with Gasteiger partial charge in [0.15, 0.2) is 5.78 Å². The smallest absolute Gasteiger partial charge is 0.246 e. The van der Waals surface area contributed by atoms with E-state index in [1.54, 1.807) is 0 Å². The van der Waals surface area contributed by atoms with Crippen molar-refractivity contribution in [3.8, 4) is 0 Å². The summed E-state index contributed by atoms with van der Waals surface area (Å²) in [5.41, 5.74) is 0. The van der Waals surface area contributed by atoms with E-state index in [4.69, 9.17) is 4.74 Å². The number of nitrogens with one attached hydrogen (secondary N) is 1. The lowest BCUT2D eigenvalue weighted by molar-refractivity contribution is -0.133. The number of Topliss-reactive ketones (excluding diaryl/α,β-unsaturated/α-hetero) is 1. The van der Waals surface area contributed by atoms with E-state index in [-0.39, 0.29) is 30.3 Å². The maximum absolute atomic E-state index is 11.9. The van der Waals surface area contributed by atoms with Crippen LogP contribution in [0.4, 0.5) is 0 Å². The predicted molar refractivity (Wildman–Crippen MR) is 79.4 cm³/mol. The second-order valence-electron chi connectivity index (χ2n) is 6.60. The molecule has 4 atom stereocenters. The molecular formula is C16H29NO3. The Kier molecular flexibility index (Phi) is 6.66. The van der Waals surface area contributed by atoms with E-state index < -0.39 is 6.04 Å². The van der Waals surface area contributed by atoms with Gasteiger partial charge in [-0.15, -0.1) is 0 Å². The zero-order chi connectivity index (χ0) is 15.3. The van der Waals surface area contributed by atoms with Gasteiger partial charge in [0.05, 0.1) is 12.1 Å². The molecule has 4 nitrogen and oxygen atoms in total. The summed E-state index contributed by atoms with van der Waals surface area (Å²) in [5, 5.41) is 2.76. The van der Waals surface area contributed by atoms with E-state index in [9.17, 15) is 9.59 Å². The van der Waals surface area contributed by atoms with Crippen molar-refractivity contribution < 1.29 is 14.3 Å². The van der Waals surface area contributed by atoms with Crippen LogP contribution in [0.1, 0.15) is 53.9 Å². The fourth-order valence-electron chi connectivity index (χ4n) is 2.80. The average Bonchev–Trinajstić information content (AvgIpc) is 2.36. The summed E-state index contributed by atoms with van der Waals surface area (Å²) in [4.78, 5) is 23.3.